The van der Waals surface area contributed by atoms with Gasteiger partial charge in [-0.05, 0) is 41.5 Å². The first-order valence-corrected chi connectivity index (χ1v) is 9.94. The molecule has 0 bridgehead atoms. The number of nitrogens with zero attached hydrogens (tertiary/aromatic N) is 2. The van der Waals surface area contributed by atoms with Crippen molar-refractivity contribution in [3.8, 4) is 0 Å². The smallest absolute Gasteiger partial charge is 0.292 e. The summed E-state index contributed by atoms with van der Waals surface area (Å²) in [5.74, 6) is 1.02. The molecule has 29 heavy (non-hydrogen) atoms. The maximum absolute atomic E-state index is 12.5. The van der Waals surface area contributed by atoms with Crippen molar-refractivity contribution in [2.24, 2.45) is 11.8 Å². The molecule has 2 aromatic rings. The third-order valence-corrected chi connectivity index (χ3v) is 5.39. The van der Waals surface area contributed by atoms with Crippen LogP contribution in [-0.4, -0.2) is 28.8 Å². The zero-order valence-corrected chi connectivity index (χ0v) is 16.9. The van der Waals surface area contributed by atoms with Crippen LogP contribution in [-0.2, 0) is 13.1 Å². The van der Waals surface area contributed by atoms with Crippen molar-refractivity contribution in [2.75, 3.05) is 18.8 Å². The van der Waals surface area contributed by atoms with Gasteiger partial charge < -0.3 is 11.1 Å². The largest absolute Gasteiger partial charge is 0.393 e. The fourth-order valence-corrected chi connectivity index (χ4v) is 4.17. The van der Waals surface area contributed by atoms with Gasteiger partial charge in [0.1, 0.15) is 5.69 Å². The first-order chi connectivity index (χ1) is 13.8. The number of anilines is 1. The van der Waals surface area contributed by atoms with E-state index in [0.29, 0.717) is 18.4 Å². The van der Waals surface area contributed by atoms with Gasteiger partial charge in [-0.1, -0.05) is 38.1 Å². The van der Waals surface area contributed by atoms with E-state index in [2.05, 4.69) is 30.1 Å². The van der Waals surface area contributed by atoms with Crippen LogP contribution in [0.15, 0.2) is 42.5 Å². The first kappa shape index (κ1) is 20.8. The van der Waals surface area contributed by atoms with E-state index in [1.165, 1.54) is 30.2 Å². The molecule has 7 nitrogen and oxygen atoms in total. The Hall–Kier alpha value is -2.93. The minimum absolute atomic E-state index is 0.0434. The normalized spacial score (nSPS) is 19.7. The molecule has 2 atom stereocenters. The molecule has 1 aliphatic rings. The van der Waals surface area contributed by atoms with Crippen LogP contribution < -0.4 is 11.1 Å². The van der Waals surface area contributed by atoms with Crippen molar-refractivity contribution in [3.63, 3.8) is 0 Å². The highest BCUT2D eigenvalue weighted by atomic mass is 16.6. The number of nitrogens with two attached hydrogens (primary N) is 1. The quantitative estimate of drug-likeness (QED) is 0.441. The lowest BCUT2D eigenvalue weighted by molar-refractivity contribution is -0.383. The standard InChI is InChI=1S/C22H28N4O3/c1-15-9-16(2)13-25(12-15)14-19-6-4-3-5-18(19)11-24-22(27)17-7-8-20(23)21(10-17)26(28)29/h3-8,10,15-16H,9,11-14,23H2,1-2H3,(H,24,27). The number of amides is 1. The molecule has 0 aliphatic carbocycles. The van der Waals surface area contributed by atoms with E-state index >= 15 is 0 Å². The van der Waals surface area contributed by atoms with E-state index in [1.807, 2.05) is 18.2 Å². The van der Waals surface area contributed by atoms with Gasteiger partial charge in [-0.15, -0.1) is 0 Å². The van der Waals surface area contributed by atoms with Crippen LogP contribution in [0.1, 0.15) is 41.8 Å². The van der Waals surface area contributed by atoms with Gasteiger partial charge in [0.05, 0.1) is 4.92 Å². The van der Waals surface area contributed by atoms with Crippen molar-refractivity contribution < 1.29 is 9.72 Å². The molecule has 0 radical (unpaired) electrons. The Morgan fingerprint density at radius 1 is 1.17 bits per heavy atom. The lowest BCUT2D eigenvalue weighted by atomic mass is 9.91. The van der Waals surface area contributed by atoms with E-state index in [9.17, 15) is 14.9 Å². The van der Waals surface area contributed by atoms with Gasteiger partial charge in [-0.3, -0.25) is 19.8 Å². The van der Waals surface area contributed by atoms with Crippen LogP contribution in [0, 0.1) is 22.0 Å². The molecule has 154 valence electrons. The van der Waals surface area contributed by atoms with Crippen LogP contribution in [0.5, 0.6) is 0 Å². The number of nitro groups is 1. The summed E-state index contributed by atoms with van der Waals surface area (Å²) in [5, 5.41) is 13.9. The Kier molecular flexibility index (Phi) is 6.49. The number of rotatable bonds is 6. The Bertz CT molecular complexity index is 889. The number of piperidine rings is 1. The summed E-state index contributed by atoms with van der Waals surface area (Å²) in [5.41, 5.74) is 7.86. The van der Waals surface area contributed by atoms with Crippen LogP contribution >= 0.6 is 0 Å². The van der Waals surface area contributed by atoms with Gasteiger partial charge in [0.25, 0.3) is 11.6 Å². The molecular weight excluding hydrogens is 368 g/mol. The summed E-state index contributed by atoms with van der Waals surface area (Å²) >= 11 is 0. The maximum Gasteiger partial charge on any atom is 0.292 e. The van der Waals surface area contributed by atoms with Crippen LogP contribution in [0.2, 0.25) is 0 Å². The summed E-state index contributed by atoms with van der Waals surface area (Å²) < 4.78 is 0. The number of nitrogen functional groups attached to an aromatic ring is 1. The van der Waals surface area contributed by atoms with Gasteiger partial charge in [0, 0.05) is 37.8 Å². The number of carbonyl (C=O) groups is 1. The molecular formula is C22H28N4O3. The molecule has 1 heterocycles. The van der Waals surface area contributed by atoms with Crippen molar-refractivity contribution >= 4 is 17.3 Å². The zero-order chi connectivity index (χ0) is 21.0. The summed E-state index contributed by atoms with van der Waals surface area (Å²) in [7, 11) is 0. The topological polar surface area (TPSA) is 102 Å². The second kappa shape index (κ2) is 9.05. The number of benzene rings is 2. The fourth-order valence-electron chi connectivity index (χ4n) is 4.17. The summed E-state index contributed by atoms with van der Waals surface area (Å²) in [6.45, 7) is 7.97. The molecule has 0 spiro atoms. The fraction of sp³-hybridized carbons (Fsp3) is 0.409. The maximum atomic E-state index is 12.5. The number of hydrogen-bond acceptors (Lipinski definition) is 5. The molecule has 0 saturated carbocycles. The van der Waals surface area contributed by atoms with Crippen molar-refractivity contribution in [2.45, 2.75) is 33.4 Å². The average Bonchev–Trinajstić information content (AvgIpc) is 2.66. The van der Waals surface area contributed by atoms with Crippen LogP contribution in [0.4, 0.5) is 11.4 Å². The SMILES string of the molecule is CC1CC(C)CN(Cc2ccccc2CNC(=O)c2ccc(N)c([N+](=O)[O-])c2)C1. The highest BCUT2D eigenvalue weighted by molar-refractivity contribution is 5.95. The summed E-state index contributed by atoms with van der Waals surface area (Å²) in [6.07, 6.45) is 1.27. The van der Waals surface area contributed by atoms with E-state index in [1.54, 1.807) is 0 Å². The second-order valence-electron chi connectivity index (χ2n) is 8.12. The summed E-state index contributed by atoms with van der Waals surface area (Å²) in [6, 6.07) is 12.2. The van der Waals surface area contributed by atoms with Crippen molar-refractivity contribution in [1.29, 1.82) is 0 Å². The van der Waals surface area contributed by atoms with Gasteiger partial charge >= 0.3 is 0 Å². The first-order valence-electron chi connectivity index (χ1n) is 9.94. The second-order valence-corrected chi connectivity index (χ2v) is 8.12. The third kappa shape index (κ3) is 5.32. The van der Waals surface area contributed by atoms with Crippen LogP contribution in [0.25, 0.3) is 0 Å². The Labute approximate surface area is 171 Å². The van der Waals surface area contributed by atoms with Crippen molar-refractivity contribution in [3.05, 3.63) is 69.3 Å². The number of carbonyl (C=O) groups excluding carboxylic acids is 1. The van der Waals surface area contributed by atoms with Gasteiger partial charge in [-0.2, -0.15) is 0 Å². The molecule has 3 N–H and O–H groups in total. The van der Waals surface area contributed by atoms with Gasteiger partial charge in [0.2, 0.25) is 0 Å². The Morgan fingerprint density at radius 2 is 1.83 bits per heavy atom. The van der Waals surface area contributed by atoms with E-state index < -0.39 is 4.92 Å². The zero-order valence-electron chi connectivity index (χ0n) is 16.9. The predicted octanol–water partition coefficient (Wildman–Crippen LogP) is 3.58. The minimum Gasteiger partial charge on any atom is -0.393 e. The molecule has 1 fully saturated rings. The van der Waals surface area contributed by atoms with E-state index in [-0.39, 0.29) is 22.8 Å². The highest BCUT2D eigenvalue weighted by Gasteiger charge is 2.22. The number of nitro benzene ring substituents is 1. The predicted molar refractivity (Wildman–Crippen MR) is 113 cm³/mol. The lowest BCUT2D eigenvalue weighted by Crippen LogP contribution is -2.38. The molecule has 1 aliphatic heterocycles. The highest BCUT2D eigenvalue weighted by Crippen LogP contribution is 2.24. The van der Waals surface area contributed by atoms with Crippen molar-refractivity contribution in [1.82, 2.24) is 10.2 Å². The minimum atomic E-state index is -0.581. The van der Waals surface area contributed by atoms with Gasteiger partial charge in [0.15, 0.2) is 0 Å². The molecule has 2 unspecified atom stereocenters. The average molecular weight is 396 g/mol. The van der Waals surface area contributed by atoms with Crippen LogP contribution in [0.3, 0.4) is 0 Å². The molecule has 0 aromatic heterocycles. The van der Waals surface area contributed by atoms with E-state index in [0.717, 1.165) is 25.2 Å². The number of hydrogen-bond donors (Lipinski definition) is 2. The molecule has 2 aromatic carbocycles. The number of nitrogens with one attached hydrogen (secondary N) is 1. The third-order valence-electron chi connectivity index (χ3n) is 5.39. The Morgan fingerprint density at radius 3 is 2.48 bits per heavy atom. The Balaban J connectivity index is 1.67. The molecule has 3 rings (SSSR count). The lowest BCUT2D eigenvalue weighted by Gasteiger charge is -2.35. The van der Waals surface area contributed by atoms with E-state index in [4.69, 9.17) is 5.73 Å². The summed E-state index contributed by atoms with van der Waals surface area (Å²) in [4.78, 5) is 25.4. The van der Waals surface area contributed by atoms with Gasteiger partial charge in [-0.25, -0.2) is 0 Å². The molecule has 7 heteroatoms. The molecule has 1 saturated heterocycles. The monoisotopic (exact) mass is 396 g/mol. The number of likely N-dealkylation sites (tertiary alicyclic amines) is 1. The molecule has 1 amide bonds.